The molecule has 0 bridgehead atoms. The molecule has 0 N–H and O–H groups in total. The normalized spacial score (nSPS) is 20.8. The van der Waals surface area contributed by atoms with Crippen LogP contribution in [0, 0.1) is 17.2 Å². The van der Waals surface area contributed by atoms with E-state index in [2.05, 4.69) is 24.8 Å². The Bertz CT molecular complexity index is 492. The molecule has 2 rings (SSSR count). The van der Waals surface area contributed by atoms with Gasteiger partial charge in [-0.05, 0) is 68.1 Å². The van der Waals surface area contributed by atoms with Gasteiger partial charge in [-0.2, -0.15) is 5.26 Å². The van der Waals surface area contributed by atoms with Crippen molar-refractivity contribution in [1.29, 1.82) is 5.26 Å². The van der Waals surface area contributed by atoms with Gasteiger partial charge in [-0.1, -0.05) is 31.1 Å². The van der Waals surface area contributed by atoms with Crippen molar-refractivity contribution in [3.63, 3.8) is 0 Å². The number of nitriles is 1. The number of nitrogens with zero attached hydrogens (tertiary/aromatic N) is 1. The summed E-state index contributed by atoms with van der Waals surface area (Å²) >= 11 is 0. The summed E-state index contributed by atoms with van der Waals surface area (Å²) in [6.45, 7) is 5.41. The van der Waals surface area contributed by atoms with Gasteiger partial charge in [0, 0.05) is 13.2 Å². The van der Waals surface area contributed by atoms with Crippen LogP contribution in [0.25, 0.3) is 0 Å². The second-order valence-electron chi connectivity index (χ2n) is 6.64. The van der Waals surface area contributed by atoms with Gasteiger partial charge in [0.2, 0.25) is 0 Å². The third-order valence-corrected chi connectivity index (χ3v) is 4.98. The van der Waals surface area contributed by atoms with E-state index >= 15 is 0 Å². The molecule has 0 saturated heterocycles. The smallest absolute Gasteiger partial charge is 0.0991 e. The molecular formula is C21H29NO. The molecule has 1 fully saturated rings. The topological polar surface area (TPSA) is 33.0 Å². The zero-order valence-corrected chi connectivity index (χ0v) is 14.2. The Morgan fingerprint density at radius 3 is 2.48 bits per heavy atom. The summed E-state index contributed by atoms with van der Waals surface area (Å²) in [7, 11) is 0. The molecule has 2 heteroatoms. The molecule has 0 heterocycles. The van der Waals surface area contributed by atoms with Crippen LogP contribution in [0.1, 0.15) is 68.4 Å². The highest BCUT2D eigenvalue weighted by Crippen LogP contribution is 2.37. The number of rotatable bonds is 9. The SMILES string of the molecule is C=CCCOCCCCC1CCC(c2ccc(C#N)cc2)CC1. The molecule has 0 aromatic heterocycles. The fourth-order valence-electron chi connectivity index (χ4n) is 3.52. The fourth-order valence-corrected chi connectivity index (χ4v) is 3.52. The lowest BCUT2D eigenvalue weighted by Crippen LogP contribution is -2.13. The molecule has 0 amide bonds. The van der Waals surface area contributed by atoms with Crippen molar-refractivity contribution in [2.24, 2.45) is 5.92 Å². The summed E-state index contributed by atoms with van der Waals surface area (Å²) in [5.74, 6) is 1.60. The molecule has 2 nitrogen and oxygen atoms in total. The van der Waals surface area contributed by atoms with Gasteiger partial charge >= 0.3 is 0 Å². The van der Waals surface area contributed by atoms with Crippen LogP contribution in [-0.2, 0) is 4.74 Å². The molecule has 124 valence electrons. The van der Waals surface area contributed by atoms with Crippen LogP contribution in [0.4, 0.5) is 0 Å². The van der Waals surface area contributed by atoms with Crippen molar-refractivity contribution in [2.75, 3.05) is 13.2 Å². The van der Waals surface area contributed by atoms with Gasteiger partial charge in [0.1, 0.15) is 0 Å². The van der Waals surface area contributed by atoms with Gasteiger partial charge in [0.25, 0.3) is 0 Å². The minimum atomic E-state index is 0.696. The minimum Gasteiger partial charge on any atom is -0.381 e. The van der Waals surface area contributed by atoms with E-state index in [0.717, 1.165) is 31.1 Å². The standard InChI is InChI=1S/C21H29NO/c1-2-3-15-23-16-5-4-6-18-7-11-20(12-8-18)21-13-9-19(17-22)10-14-21/h2,9-10,13-14,18,20H,1,3-8,11-12,15-16H2. The third kappa shape index (κ3) is 6.20. The van der Waals surface area contributed by atoms with Crippen LogP contribution >= 0.6 is 0 Å². The molecule has 1 aliphatic rings. The molecule has 0 atom stereocenters. The van der Waals surface area contributed by atoms with Gasteiger partial charge < -0.3 is 4.74 Å². The largest absolute Gasteiger partial charge is 0.381 e. The van der Waals surface area contributed by atoms with E-state index in [1.807, 2.05) is 18.2 Å². The Morgan fingerprint density at radius 1 is 1.09 bits per heavy atom. The molecule has 1 aromatic carbocycles. The first kappa shape index (κ1) is 17.8. The van der Waals surface area contributed by atoms with Gasteiger partial charge in [-0.25, -0.2) is 0 Å². The van der Waals surface area contributed by atoms with Gasteiger partial charge in [0.15, 0.2) is 0 Å². The molecule has 1 saturated carbocycles. The molecule has 1 aromatic rings. The Kier molecular flexibility index (Phi) is 7.90. The van der Waals surface area contributed by atoms with Crippen molar-refractivity contribution in [1.82, 2.24) is 0 Å². The summed E-state index contributed by atoms with van der Waals surface area (Å²) in [5, 5.41) is 8.87. The zero-order chi connectivity index (χ0) is 16.3. The number of hydrogen-bond acceptors (Lipinski definition) is 2. The lowest BCUT2D eigenvalue weighted by molar-refractivity contribution is 0.132. The first-order chi connectivity index (χ1) is 11.3. The maximum atomic E-state index is 8.87. The van der Waals surface area contributed by atoms with Crippen LogP contribution in [-0.4, -0.2) is 13.2 Å². The predicted molar refractivity (Wildman–Crippen MR) is 95.3 cm³/mol. The number of hydrogen-bond donors (Lipinski definition) is 0. The van der Waals surface area contributed by atoms with E-state index in [9.17, 15) is 0 Å². The van der Waals surface area contributed by atoms with E-state index in [0.29, 0.717) is 5.92 Å². The lowest BCUT2D eigenvalue weighted by Gasteiger charge is -2.29. The van der Waals surface area contributed by atoms with Crippen LogP contribution in [0.15, 0.2) is 36.9 Å². The summed E-state index contributed by atoms with van der Waals surface area (Å²) in [4.78, 5) is 0. The Labute approximate surface area is 141 Å². The minimum absolute atomic E-state index is 0.696. The molecular weight excluding hydrogens is 282 g/mol. The van der Waals surface area contributed by atoms with Crippen molar-refractivity contribution < 1.29 is 4.74 Å². The van der Waals surface area contributed by atoms with E-state index in [1.165, 1.54) is 50.5 Å². The molecule has 23 heavy (non-hydrogen) atoms. The monoisotopic (exact) mass is 311 g/mol. The van der Waals surface area contributed by atoms with E-state index < -0.39 is 0 Å². The van der Waals surface area contributed by atoms with Crippen molar-refractivity contribution in [3.8, 4) is 6.07 Å². The van der Waals surface area contributed by atoms with E-state index in [4.69, 9.17) is 10.00 Å². The van der Waals surface area contributed by atoms with Crippen LogP contribution in [0.5, 0.6) is 0 Å². The first-order valence-corrected chi connectivity index (χ1v) is 9.02. The molecule has 1 aliphatic carbocycles. The Balaban J connectivity index is 1.60. The highest BCUT2D eigenvalue weighted by atomic mass is 16.5. The second-order valence-corrected chi connectivity index (χ2v) is 6.64. The zero-order valence-electron chi connectivity index (χ0n) is 14.2. The number of benzene rings is 1. The van der Waals surface area contributed by atoms with Crippen LogP contribution < -0.4 is 0 Å². The Morgan fingerprint density at radius 2 is 1.83 bits per heavy atom. The Hall–Kier alpha value is -1.59. The summed E-state index contributed by atoms with van der Waals surface area (Å²) in [5.41, 5.74) is 2.18. The van der Waals surface area contributed by atoms with Crippen molar-refractivity contribution in [3.05, 3.63) is 48.0 Å². The van der Waals surface area contributed by atoms with Crippen molar-refractivity contribution in [2.45, 2.75) is 57.3 Å². The fraction of sp³-hybridized carbons (Fsp3) is 0.571. The van der Waals surface area contributed by atoms with Gasteiger partial charge in [-0.3, -0.25) is 0 Å². The van der Waals surface area contributed by atoms with Gasteiger partial charge in [0.05, 0.1) is 11.6 Å². The van der Waals surface area contributed by atoms with E-state index in [-0.39, 0.29) is 0 Å². The lowest BCUT2D eigenvalue weighted by atomic mass is 9.77. The molecule has 0 radical (unpaired) electrons. The summed E-state index contributed by atoms with van der Waals surface area (Å²) in [6, 6.07) is 10.4. The third-order valence-electron chi connectivity index (χ3n) is 4.98. The predicted octanol–water partition coefficient (Wildman–Crippen LogP) is 5.60. The first-order valence-electron chi connectivity index (χ1n) is 9.02. The second kappa shape index (κ2) is 10.2. The average molecular weight is 311 g/mol. The maximum absolute atomic E-state index is 8.87. The maximum Gasteiger partial charge on any atom is 0.0991 e. The summed E-state index contributed by atoms with van der Waals surface area (Å²) in [6.07, 6.45) is 12.0. The molecule has 0 aliphatic heterocycles. The molecule has 0 spiro atoms. The quantitative estimate of drug-likeness (QED) is 0.439. The number of ether oxygens (including phenoxy) is 1. The average Bonchev–Trinajstić information content (AvgIpc) is 2.61. The van der Waals surface area contributed by atoms with Crippen LogP contribution in [0.2, 0.25) is 0 Å². The van der Waals surface area contributed by atoms with E-state index in [1.54, 1.807) is 0 Å². The summed E-state index contributed by atoms with van der Waals surface area (Å²) < 4.78 is 5.56. The van der Waals surface area contributed by atoms with Crippen molar-refractivity contribution >= 4 is 0 Å². The highest BCUT2D eigenvalue weighted by Gasteiger charge is 2.21. The molecule has 0 unspecified atom stereocenters. The van der Waals surface area contributed by atoms with Gasteiger partial charge in [-0.15, -0.1) is 6.58 Å². The highest BCUT2D eigenvalue weighted by molar-refractivity contribution is 5.33. The number of unbranched alkanes of at least 4 members (excludes halogenated alkanes) is 1. The van der Waals surface area contributed by atoms with Crippen LogP contribution in [0.3, 0.4) is 0 Å².